The molecule has 5 heteroatoms. The van der Waals surface area contributed by atoms with Crippen molar-refractivity contribution in [3.63, 3.8) is 0 Å². The monoisotopic (exact) mass is 392 g/mol. The lowest BCUT2D eigenvalue weighted by atomic mass is 9.77. The van der Waals surface area contributed by atoms with Gasteiger partial charge in [-0.2, -0.15) is 0 Å². The maximum absolute atomic E-state index is 5.60. The summed E-state index contributed by atoms with van der Waals surface area (Å²) in [4.78, 5) is 13.9. The van der Waals surface area contributed by atoms with E-state index < -0.39 is 0 Å². The van der Waals surface area contributed by atoms with E-state index >= 15 is 0 Å². The topological polar surface area (TPSA) is 41.5 Å². The molecule has 0 bridgehead atoms. The molecule has 154 valence electrons. The van der Waals surface area contributed by atoms with Crippen molar-refractivity contribution < 1.29 is 4.74 Å². The molecule has 2 saturated heterocycles. The molecule has 1 atom stereocenters. The summed E-state index contributed by atoms with van der Waals surface area (Å²) in [5.41, 5.74) is 3.10. The van der Waals surface area contributed by atoms with Crippen LogP contribution < -0.4 is 9.64 Å². The highest BCUT2D eigenvalue weighted by atomic mass is 16.5. The van der Waals surface area contributed by atoms with E-state index in [2.05, 4.69) is 44.0 Å². The summed E-state index contributed by atoms with van der Waals surface area (Å²) in [6.07, 6.45) is 10.5. The largest absolute Gasteiger partial charge is 0.496 e. The van der Waals surface area contributed by atoms with Crippen molar-refractivity contribution in [2.24, 2.45) is 5.41 Å². The number of aryl methyl sites for hydroxylation is 1. The van der Waals surface area contributed by atoms with Gasteiger partial charge in [-0.05, 0) is 69.7 Å². The SMILES string of the molecule is COc1ccccc1C1CCN([C@@H]2CCC3(C2)CN(c2cnc(C)nc2)C3)CC1. The van der Waals surface area contributed by atoms with Gasteiger partial charge in [0.15, 0.2) is 0 Å². The summed E-state index contributed by atoms with van der Waals surface area (Å²) in [5.74, 6) is 2.54. The number of benzene rings is 1. The van der Waals surface area contributed by atoms with E-state index in [1.54, 1.807) is 7.11 Å². The molecule has 0 N–H and O–H groups in total. The number of likely N-dealkylation sites (tertiary alicyclic amines) is 1. The van der Waals surface area contributed by atoms with Gasteiger partial charge in [-0.25, -0.2) is 9.97 Å². The molecule has 1 spiro atoms. The molecule has 0 radical (unpaired) electrons. The first-order valence-corrected chi connectivity index (χ1v) is 11.1. The molecule has 1 aromatic heterocycles. The highest BCUT2D eigenvalue weighted by molar-refractivity contribution is 5.46. The van der Waals surface area contributed by atoms with Gasteiger partial charge in [0.1, 0.15) is 11.6 Å². The average Bonchev–Trinajstić information content (AvgIpc) is 3.19. The summed E-state index contributed by atoms with van der Waals surface area (Å²) in [6.45, 7) is 6.74. The summed E-state index contributed by atoms with van der Waals surface area (Å²) in [6, 6.07) is 9.34. The number of para-hydroxylation sites is 1. The van der Waals surface area contributed by atoms with Crippen LogP contribution in [-0.2, 0) is 0 Å². The van der Waals surface area contributed by atoms with Crippen molar-refractivity contribution in [1.29, 1.82) is 0 Å². The Morgan fingerprint density at radius 2 is 1.76 bits per heavy atom. The van der Waals surface area contributed by atoms with Crippen molar-refractivity contribution >= 4 is 5.69 Å². The summed E-state index contributed by atoms with van der Waals surface area (Å²) in [5, 5.41) is 0. The molecular weight excluding hydrogens is 360 g/mol. The molecule has 1 saturated carbocycles. The zero-order valence-electron chi connectivity index (χ0n) is 17.7. The zero-order chi connectivity index (χ0) is 19.8. The van der Waals surface area contributed by atoms with E-state index in [1.807, 2.05) is 19.3 Å². The number of piperidine rings is 1. The number of hydrogen-bond donors (Lipinski definition) is 0. The minimum absolute atomic E-state index is 0.523. The minimum atomic E-state index is 0.523. The lowest BCUT2D eigenvalue weighted by Gasteiger charge is -2.50. The van der Waals surface area contributed by atoms with Crippen LogP contribution in [0.2, 0.25) is 0 Å². The molecule has 29 heavy (non-hydrogen) atoms. The van der Waals surface area contributed by atoms with Crippen molar-refractivity contribution in [2.45, 2.75) is 51.0 Å². The Balaban J connectivity index is 1.15. The first-order valence-electron chi connectivity index (χ1n) is 11.1. The third-order valence-corrected chi connectivity index (χ3v) is 7.49. The first kappa shape index (κ1) is 18.9. The molecular formula is C24H32N4O. The number of rotatable bonds is 4. The maximum atomic E-state index is 5.60. The lowest BCUT2D eigenvalue weighted by Crippen LogP contribution is -2.56. The van der Waals surface area contributed by atoms with Crippen molar-refractivity contribution in [2.75, 3.05) is 38.2 Å². The maximum Gasteiger partial charge on any atom is 0.125 e. The quantitative estimate of drug-likeness (QED) is 0.786. The minimum Gasteiger partial charge on any atom is -0.496 e. The van der Waals surface area contributed by atoms with Crippen molar-refractivity contribution in [1.82, 2.24) is 14.9 Å². The number of ether oxygens (including phenoxy) is 1. The number of aromatic nitrogens is 2. The fourth-order valence-electron chi connectivity index (χ4n) is 5.85. The smallest absolute Gasteiger partial charge is 0.125 e. The Morgan fingerprint density at radius 1 is 1.03 bits per heavy atom. The van der Waals surface area contributed by atoms with Crippen LogP contribution in [0, 0.1) is 12.3 Å². The van der Waals surface area contributed by atoms with Crippen LogP contribution in [-0.4, -0.2) is 54.2 Å². The second-order valence-electron chi connectivity index (χ2n) is 9.29. The van der Waals surface area contributed by atoms with Crippen LogP contribution in [0.15, 0.2) is 36.7 Å². The molecule has 5 nitrogen and oxygen atoms in total. The molecule has 1 aromatic carbocycles. The van der Waals surface area contributed by atoms with Gasteiger partial charge in [0.05, 0.1) is 25.2 Å². The molecule has 5 rings (SSSR count). The van der Waals surface area contributed by atoms with Gasteiger partial charge in [-0.15, -0.1) is 0 Å². The van der Waals surface area contributed by atoms with Crippen LogP contribution in [0.5, 0.6) is 5.75 Å². The van der Waals surface area contributed by atoms with E-state index in [4.69, 9.17) is 4.74 Å². The van der Waals surface area contributed by atoms with Crippen molar-refractivity contribution in [3.05, 3.63) is 48.0 Å². The van der Waals surface area contributed by atoms with Gasteiger partial charge >= 0.3 is 0 Å². The summed E-state index contributed by atoms with van der Waals surface area (Å²) >= 11 is 0. The van der Waals surface area contributed by atoms with Crippen LogP contribution in [0.3, 0.4) is 0 Å². The van der Waals surface area contributed by atoms with Crippen LogP contribution >= 0.6 is 0 Å². The van der Waals surface area contributed by atoms with E-state index in [0.717, 1.165) is 17.6 Å². The molecule has 1 aliphatic carbocycles. The second-order valence-corrected chi connectivity index (χ2v) is 9.29. The predicted octanol–water partition coefficient (Wildman–Crippen LogP) is 4.03. The molecule has 3 fully saturated rings. The van der Waals surface area contributed by atoms with E-state index in [0.29, 0.717) is 11.3 Å². The second kappa shape index (κ2) is 7.60. The number of anilines is 1. The Labute approximate surface area is 174 Å². The molecule has 2 aromatic rings. The normalized spacial score (nSPS) is 24.6. The van der Waals surface area contributed by atoms with Gasteiger partial charge < -0.3 is 14.5 Å². The third kappa shape index (κ3) is 3.61. The van der Waals surface area contributed by atoms with E-state index in [9.17, 15) is 0 Å². The van der Waals surface area contributed by atoms with Gasteiger partial charge in [-0.3, -0.25) is 0 Å². The van der Waals surface area contributed by atoms with Crippen LogP contribution in [0.25, 0.3) is 0 Å². The predicted molar refractivity (Wildman–Crippen MR) is 116 cm³/mol. The summed E-state index contributed by atoms with van der Waals surface area (Å²) < 4.78 is 5.60. The Kier molecular flexibility index (Phi) is 4.94. The van der Waals surface area contributed by atoms with Gasteiger partial charge in [0.25, 0.3) is 0 Å². The fourth-order valence-corrected chi connectivity index (χ4v) is 5.85. The standard InChI is InChI=1S/C24H32N4O/c1-18-25-14-21(15-26-18)28-16-24(17-28)10-7-20(13-24)27-11-8-19(9-12-27)22-5-3-4-6-23(22)29-2/h3-6,14-15,19-20H,7-13,16-17H2,1-2H3/t20-/m1/s1. The fraction of sp³-hybridized carbons (Fsp3) is 0.583. The molecule has 2 aliphatic heterocycles. The Morgan fingerprint density at radius 3 is 2.48 bits per heavy atom. The van der Waals surface area contributed by atoms with Crippen LogP contribution in [0.4, 0.5) is 5.69 Å². The number of nitrogens with zero attached hydrogens (tertiary/aromatic N) is 4. The molecule has 0 unspecified atom stereocenters. The Bertz CT molecular complexity index is 838. The lowest BCUT2D eigenvalue weighted by molar-refractivity contribution is 0.131. The van der Waals surface area contributed by atoms with E-state index in [1.165, 1.54) is 69.5 Å². The molecule has 3 heterocycles. The highest BCUT2D eigenvalue weighted by Crippen LogP contribution is 2.49. The number of methoxy groups -OCH3 is 1. The van der Waals surface area contributed by atoms with Gasteiger partial charge in [-0.1, -0.05) is 18.2 Å². The van der Waals surface area contributed by atoms with Crippen molar-refractivity contribution in [3.8, 4) is 5.75 Å². The van der Waals surface area contributed by atoms with Crippen LogP contribution in [0.1, 0.15) is 49.4 Å². The molecule has 0 amide bonds. The number of hydrogen-bond acceptors (Lipinski definition) is 5. The molecule has 3 aliphatic rings. The zero-order valence-corrected chi connectivity index (χ0v) is 17.7. The Hall–Kier alpha value is -2.14. The highest BCUT2D eigenvalue weighted by Gasteiger charge is 2.49. The summed E-state index contributed by atoms with van der Waals surface area (Å²) in [7, 11) is 1.79. The van der Waals surface area contributed by atoms with E-state index in [-0.39, 0.29) is 0 Å². The first-order chi connectivity index (χ1) is 14.2. The van der Waals surface area contributed by atoms with Gasteiger partial charge in [0, 0.05) is 24.5 Å². The average molecular weight is 393 g/mol. The third-order valence-electron chi connectivity index (χ3n) is 7.49. The van der Waals surface area contributed by atoms with Gasteiger partial charge in [0.2, 0.25) is 0 Å².